The Morgan fingerprint density at radius 1 is 1.11 bits per heavy atom. The first-order chi connectivity index (χ1) is 13.7. The summed E-state index contributed by atoms with van der Waals surface area (Å²) in [5, 5.41) is 7.05. The van der Waals surface area contributed by atoms with Crippen LogP contribution in [0.4, 0.5) is 0 Å². The molecule has 0 aliphatic carbocycles. The van der Waals surface area contributed by atoms with Crippen LogP contribution >= 0.6 is 0 Å². The lowest BCUT2D eigenvalue weighted by molar-refractivity contribution is 0.0951. The summed E-state index contributed by atoms with van der Waals surface area (Å²) in [6.07, 6.45) is 6.86. The van der Waals surface area contributed by atoms with Crippen molar-refractivity contribution in [1.82, 2.24) is 29.6 Å². The van der Waals surface area contributed by atoms with Crippen LogP contribution in [0.15, 0.2) is 73.6 Å². The molecule has 1 N–H and O–H groups in total. The van der Waals surface area contributed by atoms with E-state index in [2.05, 4.69) is 37.1 Å². The number of rotatable bonds is 6. The minimum absolute atomic E-state index is 0.110. The number of aromatic nitrogens is 5. The normalized spacial score (nSPS) is 10.8. The summed E-state index contributed by atoms with van der Waals surface area (Å²) in [5.41, 5.74) is 3.69. The first-order valence-corrected chi connectivity index (χ1v) is 8.98. The molecule has 140 valence electrons. The fourth-order valence-corrected chi connectivity index (χ4v) is 3.00. The van der Waals surface area contributed by atoms with Gasteiger partial charge in [0.1, 0.15) is 18.5 Å². The SMILES string of the molecule is Cc1nccn1Cc1cccc(CNC(=O)c2ccc(-n3cncn3)cc2)c1. The molecule has 0 fully saturated rings. The van der Waals surface area contributed by atoms with E-state index in [0.717, 1.165) is 23.6 Å². The molecule has 0 unspecified atom stereocenters. The predicted molar refractivity (Wildman–Crippen MR) is 105 cm³/mol. The molecule has 4 aromatic rings. The van der Waals surface area contributed by atoms with E-state index in [9.17, 15) is 4.79 Å². The van der Waals surface area contributed by atoms with Gasteiger partial charge in [-0.2, -0.15) is 5.10 Å². The molecule has 2 heterocycles. The molecular weight excluding hydrogens is 352 g/mol. The fraction of sp³-hybridized carbons (Fsp3) is 0.143. The van der Waals surface area contributed by atoms with Crippen LogP contribution in [0.2, 0.25) is 0 Å². The van der Waals surface area contributed by atoms with Crippen molar-refractivity contribution in [3.05, 3.63) is 96.1 Å². The third-order valence-electron chi connectivity index (χ3n) is 4.53. The Kier molecular flexibility index (Phi) is 4.97. The molecule has 0 spiro atoms. The Labute approximate surface area is 162 Å². The van der Waals surface area contributed by atoms with Crippen LogP contribution in [0, 0.1) is 6.92 Å². The molecule has 0 aliphatic rings. The van der Waals surface area contributed by atoms with Crippen LogP contribution in [0.1, 0.15) is 27.3 Å². The van der Waals surface area contributed by atoms with Gasteiger partial charge in [-0.3, -0.25) is 4.79 Å². The van der Waals surface area contributed by atoms with E-state index in [1.165, 1.54) is 11.9 Å². The first-order valence-electron chi connectivity index (χ1n) is 8.98. The smallest absolute Gasteiger partial charge is 0.251 e. The van der Waals surface area contributed by atoms with Gasteiger partial charge < -0.3 is 9.88 Å². The van der Waals surface area contributed by atoms with Crippen molar-refractivity contribution >= 4 is 5.91 Å². The number of carbonyl (C=O) groups is 1. The van der Waals surface area contributed by atoms with Crippen LogP contribution in [0.25, 0.3) is 5.69 Å². The van der Waals surface area contributed by atoms with Crippen molar-refractivity contribution in [3.63, 3.8) is 0 Å². The van der Waals surface area contributed by atoms with Gasteiger partial charge in [-0.1, -0.05) is 24.3 Å². The lowest BCUT2D eigenvalue weighted by Gasteiger charge is -2.09. The molecule has 28 heavy (non-hydrogen) atoms. The molecule has 0 atom stereocenters. The largest absolute Gasteiger partial charge is 0.348 e. The predicted octanol–water partition coefficient (Wildman–Crippen LogP) is 2.75. The standard InChI is InChI=1S/C21H20N6O/c1-16-23-9-10-26(16)13-18-4-2-3-17(11-18)12-24-21(28)19-5-7-20(8-6-19)27-15-22-14-25-27/h2-11,14-15H,12-13H2,1H3,(H,24,28). The number of hydrogen-bond acceptors (Lipinski definition) is 4. The maximum atomic E-state index is 12.4. The van der Waals surface area contributed by atoms with Gasteiger partial charge in [0.05, 0.1) is 5.69 Å². The van der Waals surface area contributed by atoms with Crippen LogP contribution in [0.3, 0.4) is 0 Å². The fourth-order valence-electron chi connectivity index (χ4n) is 3.00. The molecule has 4 rings (SSSR count). The van der Waals surface area contributed by atoms with E-state index >= 15 is 0 Å². The number of nitrogens with one attached hydrogen (secondary N) is 1. The highest BCUT2D eigenvalue weighted by atomic mass is 16.1. The summed E-state index contributed by atoms with van der Waals surface area (Å²) < 4.78 is 3.74. The van der Waals surface area contributed by atoms with E-state index in [1.54, 1.807) is 29.3 Å². The number of amides is 1. The van der Waals surface area contributed by atoms with Gasteiger partial charge in [-0.15, -0.1) is 0 Å². The summed E-state index contributed by atoms with van der Waals surface area (Å²) in [6.45, 7) is 3.22. The van der Waals surface area contributed by atoms with Crippen molar-refractivity contribution < 1.29 is 4.79 Å². The Bertz CT molecular complexity index is 1070. The quantitative estimate of drug-likeness (QED) is 0.565. The third kappa shape index (κ3) is 3.98. The summed E-state index contributed by atoms with van der Waals surface area (Å²) in [5.74, 6) is 0.869. The third-order valence-corrected chi connectivity index (χ3v) is 4.53. The van der Waals surface area contributed by atoms with Gasteiger partial charge >= 0.3 is 0 Å². The van der Waals surface area contributed by atoms with Gasteiger partial charge in [0.25, 0.3) is 5.91 Å². The van der Waals surface area contributed by atoms with Gasteiger partial charge in [0.2, 0.25) is 0 Å². The highest BCUT2D eigenvalue weighted by Crippen LogP contribution is 2.11. The van der Waals surface area contributed by atoms with Crippen molar-refractivity contribution in [2.24, 2.45) is 0 Å². The van der Waals surface area contributed by atoms with E-state index in [1.807, 2.05) is 37.4 Å². The molecule has 0 aliphatic heterocycles. The number of carbonyl (C=O) groups excluding carboxylic acids is 1. The Morgan fingerprint density at radius 3 is 2.64 bits per heavy atom. The van der Waals surface area contributed by atoms with Crippen molar-refractivity contribution in [1.29, 1.82) is 0 Å². The monoisotopic (exact) mass is 372 g/mol. The second-order valence-corrected chi connectivity index (χ2v) is 6.49. The lowest BCUT2D eigenvalue weighted by Crippen LogP contribution is -2.22. The molecule has 7 nitrogen and oxygen atoms in total. The molecule has 2 aromatic heterocycles. The molecule has 7 heteroatoms. The molecular formula is C21H20N6O. The van der Waals surface area contributed by atoms with Gasteiger partial charge in [0, 0.05) is 31.0 Å². The van der Waals surface area contributed by atoms with Crippen LogP contribution in [-0.2, 0) is 13.1 Å². The Morgan fingerprint density at radius 2 is 1.93 bits per heavy atom. The molecule has 1 amide bonds. The van der Waals surface area contributed by atoms with Gasteiger partial charge in [-0.05, 0) is 42.3 Å². The number of hydrogen-bond donors (Lipinski definition) is 1. The maximum absolute atomic E-state index is 12.4. The maximum Gasteiger partial charge on any atom is 0.251 e. The minimum Gasteiger partial charge on any atom is -0.348 e. The van der Waals surface area contributed by atoms with Crippen molar-refractivity contribution in [2.45, 2.75) is 20.0 Å². The molecule has 0 bridgehead atoms. The number of imidazole rings is 1. The summed E-state index contributed by atoms with van der Waals surface area (Å²) >= 11 is 0. The van der Waals surface area contributed by atoms with E-state index in [4.69, 9.17) is 0 Å². The average molecular weight is 372 g/mol. The number of aryl methyl sites for hydroxylation is 1. The van der Waals surface area contributed by atoms with Crippen LogP contribution < -0.4 is 5.32 Å². The van der Waals surface area contributed by atoms with E-state index < -0.39 is 0 Å². The van der Waals surface area contributed by atoms with Crippen LogP contribution in [-0.4, -0.2) is 30.2 Å². The van der Waals surface area contributed by atoms with E-state index in [0.29, 0.717) is 12.1 Å². The first kappa shape index (κ1) is 17.7. The van der Waals surface area contributed by atoms with Gasteiger partial charge in [0.15, 0.2) is 0 Å². The second kappa shape index (κ2) is 7.87. The topological polar surface area (TPSA) is 77.6 Å². The highest BCUT2D eigenvalue weighted by molar-refractivity contribution is 5.94. The zero-order chi connectivity index (χ0) is 19.3. The van der Waals surface area contributed by atoms with Gasteiger partial charge in [-0.25, -0.2) is 14.6 Å². The lowest BCUT2D eigenvalue weighted by atomic mass is 10.1. The molecule has 0 radical (unpaired) electrons. The molecule has 0 saturated heterocycles. The zero-order valence-electron chi connectivity index (χ0n) is 15.5. The minimum atomic E-state index is -0.110. The number of nitrogens with zero attached hydrogens (tertiary/aromatic N) is 5. The Balaban J connectivity index is 1.38. The summed E-state index contributed by atoms with van der Waals surface area (Å²) in [4.78, 5) is 20.6. The number of benzene rings is 2. The van der Waals surface area contributed by atoms with Crippen molar-refractivity contribution in [3.8, 4) is 5.69 Å². The molecule has 2 aromatic carbocycles. The highest BCUT2D eigenvalue weighted by Gasteiger charge is 2.07. The zero-order valence-corrected chi connectivity index (χ0v) is 15.5. The second-order valence-electron chi connectivity index (χ2n) is 6.49. The van der Waals surface area contributed by atoms with Crippen LogP contribution in [0.5, 0.6) is 0 Å². The average Bonchev–Trinajstić information content (AvgIpc) is 3.39. The van der Waals surface area contributed by atoms with Crippen molar-refractivity contribution in [2.75, 3.05) is 0 Å². The van der Waals surface area contributed by atoms with E-state index in [-0.39, 0.29) is 5.91 Å². The Hall–Kier alpha value is -3.74. The summed E-state index contributed by atoms with van der Waals surface area (Å²) in [7, 11) is 0. The summed E-state index contributed by atoms with van der Waals surface area (Å²) in [6, 6.07) is 15.5. The molecule has 0 saturated carbocycles.